The molecule has 2 N–H and O–H groups in total. The minimum Gasteiger partial charge on any atom is -0.336 e. The van der Waals surface area contributed by atoms with Crippen LogP contribution in [-0.2, 0) is 6.54 Å². The summed E-state index contributed by atoms with van der Waals surface area (Å²) in [6.07, 6.45) is 7.14. The van der Waals surface area contributed by atoms with Crippen LogP contribution in [0, 0.1) is 0 Å². The summed E-state index contributed by atoms with van der Waals surface area (Å²) in [5.74, 6) is 0.175. The van der Waals surface area contributed by atoms with E-state index in [-0.39, 0.29) is 5.91 Å². The van der Waals surface area contributed by atoms with Crippen LogP contribution in [0.1, 0.15) is 61.4 Å². The molecule has 1 aliphatic rings. The van der Waals surface area contributed by atoms with E-state index in [1.54, 1.807) is 0 Å². The van der Waals surface area contributed by atoms with E-state index in [2.05, 4.69) is 11.8 Å². The molecule has 1 amide bonds. The third-order valence-corrected chi connectivity index (χ3v) is 4.15. The van der Waals surface area contributed by atoms with Crippen molar-refractivity contribution in [2.45, 2.75) is 58.0 Å². The number of benzene rings is 1. The van der Waals surface area contributed by atoms with Gasteiger partial charge in [-0.1, -0.05) is 38.3 Å². The molecule has 3 nitrogen and oxygen atoms in total. The van der Waals surface area contributed by atoms with E-state index in [9.17, 15) is 4.79 Å². The van der Waals surface area contributed by atoms with Gasteiger partial charge in [0.15, 0.2) is 0 Å². The van der Waals surface area contributed by atoms with E-state index in [0.717, 1.165) is 36.9 Å². The van der Waals surface area contributed by atoms with Crippen molar-refractivity contribution in [3.63, 3.8) is 0 Å². The Hall–Kier alpha value is -1.35. The summed E-state index contributed by atoms with van der Waals surface area (Å²) >= 11 is 0. The normalized spacial score (nSPS) is 16.1. The summed E-state index contributed by atoms with van der Waals surface area (Å²) in [6, 6.07) is 8.18. The van der Waals surface area contributed by atoms with E-state index >= 15 is 0 Å². The van der Waals surface area contributed by atoms with Crippen molar-refractivity contribution in [3.05, 3.63) is 35.4 Å². The van der Waals surface area contributed by atoms with Crippen molar-refractivity contribution in [3.8, 4) is 0 Å². The molecule has 2 rings (SSSR count). The molecule has 0 heterocycles. The molecule has 0 atom stereocenters. The molecule has 0 saturated heterocycles. The SMILES string of the molecule is CCCN(C(=O)c1cccc(CN)c1)C1CCCCC1. The molecule has 20 heavy (non-hydrogen) atoms. The van der Waals surface area contributed by atoms with Crippen molar-refractivity contribution < 1.29 is 4.79 Å². The molecule has 110 valence electrons. The van der Waals surface area contributed by atoms with Crippen molar-refractivity contribution in [2.24, 2.45) is 5.73 Å². The first-order chi connectivity index (χ1) is 9.76. The second-order valence-electron chi connectivity index (χ2n) is 5.69. The molecule has 1 aromatic rings. The Morgan fingerprint density at radius 1 is 1.30 bits per heavy atom. The summed E-state index contributed by atoms with van der Waals surface area (Å²) in [5, 5.41) is 0. The Bertz CT molecular complexity index is 438. The Morgan fingerprint density at radius 3 is 2.70 bits per heavy atom. The monoisotopic (exact) mass is 274 g/mol. The van der Waals surface area contributed by atoms with E-state index < -0.39 is 0 Å². The third-order valence-electron chi connectivity index (χ3n) is 4.15. The van der Waals surface area contributed by atoms with Crippen LogP contribution in [0.2, 0.25) is 0 Å². The van der Waals surface area contributed by atoms with Gasteiger partial charge in [0.1, 0.15) is 0 Å². The quantitative estimate of drug-likeness (QED) is 0.895. The zero-order chi connectivity index (χ0) is 14.4. The lowest BCUT2D eigenvalue weighted by atomic mass is 9.93. The second kappa shape index (κ2) is 7.44. The van der Waals surface area contributed by atoms with Gasteiger partial charge in [0.05, 0.1) is 0 Å². The lowest BCUT2D eigenvalue weighted by Crippen LogP contribution is -2.42. The molecular weight excluding hydrogens is 248 g/mol. The maximum absolute atomic E-state index is 12.8. The number of carbonyl (C=O) groups excluding carboxylic acids is 1. The summed E-state index contributed by atoms with van der Waals surface area (Å²) in [4.78, 5) is 14.9. The van der Waals surface area contributed by atoms with E-state index in [4.69, 9.17) is 5.73 Å². The van der Waals surface area contributed by atoms with Crippen molar-refractivity contribution in [1.29, 1.82) is 0 Å². The van der Waals surface area contributed by atoms with Gasteiger partial charge >= 0.3 is 0 Å². The minimum absolute atomic E-state index is 0.175. The van der Waals surface area contributed by atoms with Gasteiger partial charge in [0, 0.05) is 24.7 Å². The largest absolute Gasteiger partial charge is 0.336 e. The van der Waals surface area contributed by atoms with Crippen molar-refractivity contribution >= 4 is 5.91 Å². The fraction of sp³-hybridized carbons (Fsp3) is 0.588. The lowest BCUT2D eigenvalue weighted by molar-refractivity contribution is 0.0634. The van der Waals surface area contributed by atoms with Crippen LogP contribution in [0.5, 0.6) is 0 Å². The van der Waals surface area contributed by atoms with Crippen LogP contribution >= 0.6 is 0 Å². The van der Waals surface area contributed by atoms with Crippen LogP contribution in [0.4, 0.5) is 0 Å². The Morgan fingerprint density at radius 2 is 2.05 bits per heavy atom. The van der Waals surface area contributed by atoms with Crippen molar-refractivity contribution in [2.75, 3.05) is 6.54 Å². The molecule has 1 saturated carbocycles. The molecule has 1 aromatic carbocycles. The average Bonchev–Trinajstić information content (AvgIpc) is 2.53. The fourth-order valence-corrected chi connectivity index (χ4v) is 3.08. The molecule has 1 fully saturated rings. The molecular formula is C17H26N2O. The number of carbonyl (C=O) groups is 1. The topological polar surface area (TPSA) is 46.3 Å². The van der Waals surface area contributed by atoms with Gasteiger partial charge in [-0.25, -0.2) is 0 Å². The standard InChI is InChI=1S/C17H26N2O/c1-2-11-19(16-9-4-3-5-10-16)17(20)15-8-6-7-14(12-15)13-18/h6-8,12,16H,2-5,9-11,13,18H2,1H3. The maximum atomic E-state index is 12.8. The van der Waals surface area contributed by atoms with Crippen LogP contribution < -0.4 is 5.73 Å². The zero-order valence-electron chi connectivity index (χ0n) is 12.5. The summed E-state index contributed by atoms with van der Waals surface area (Å²) < 4.78 is 0. The van der Waals surface area contributed by atoms with Gasteiger partial charge in [0.2, 0.25) is 0 Å². The van der Waals surface area contributed by atoms with Crippen LogP contribution in [-0.4, -0.2) is 23.4 Å². The molecule has 0 aromatic heterocycles. The minimum atomic E-state index is 0.175. The highest BCUT2D eigenvalue weighted by Crippen LogP contribution is 2.24. The summed E-state index contributed by atoms with van der Waals surface area (Å²) in [6.45, 7) is 3.48. The second-order valence-corrected chi connectivity index (χ2v) is 5.69. The molecule has 0 aliphatic heterocycles. The van der Waals surface area contributed by atoms with Gasteiger partial charge in [0.25, 0.3) is 5.91 Å². The van der Waals surface area contributed by atoms with E-state index in [0.29, 0.717) is 12.6 Å². The third kappa shape index (κ3) is 3.60. The Balaban J connectivity index is 2.16. The number of hydrogen-bond acceptors (Lipinski definition) is 2. The highest BCUT2D eigenvalue weighted by molar-refractivity contribution is 5.94. The number of hydrogen-bond donors (Lipinski definition) is 1. The van der Waals surface area contributed by atoms with Gasteiger partial charge in [-0.15, -0.1) is 0 Å². The Labute approximate surface area is 122 Å². The van der Waals surface area contributed by atoms with Crippen LogP contribution in [0.15, 0.2) is 24.3 Å². The zero-order valence-corrected chi connectivity index (χ0v) is 12.5. The number of amides is 1. The predicted molar refractivity (Wildman–Crippen MR) is 82.5 cm³/mol. The first-order valence-corrected chi connectivity index (χ1v) is 7.86. The predicted octanol–water partition coefficient (Wildman–Crippen LogP) is 3.33. The summed E-state index contributed by atoms with van der Waals surface area (Å²) in [5.41, 5.74) is 7.48. The van der Waals surface area contributed by atoms with Gasteiger partial charge < -0.3 is 10.6 Å². The van der Waals surface area contributed by atoms with E-state index in [1.165, 1.54) is 19.3 Å². The summed E-state index contributed by atoms with van der Waals surface area (Å²) in [7, 11) is 0. The molecule has 3 heteroatoms. The molecule has 0 spiro atoms. The lowest BCUT2D eigenvalue weighted by Gasteiger charge is -2.34. The molecule has 0 bridgehead atoms. The smallest absolute Gasteiger partial charge is 0.254 e. The van der Waals surface area contributed by atoms with Crippen LogP contribution in [0.3, 0.4) is 0 Å². The Kier molecular flexibility index (Phi) is 5.60. The maximum Gasteiger partial charge on any atom is 0.254 e. The number of nitrogens with two attached hydrogens (primary N) is 1. The fourth-order valence-electron chi connectivity index (χ4n) is 3.08. The van der Waals surface area contributed by atoms with Gasteiger partial charge in [-0.05, 0) is 37.0 Å². The molecule has 1 aliphatic carbocycles. The highest BCUT2D eigenvalue weighted by Gasteiger charge is 2.25. The molecule has 0 radical (unpaired) electrons. The van der Waals surface area contributed by atoms with Crippen LogP contribution in [0.25, 0.3) is 0 Å². The van der Waals surface area contributed by atoms with E-state index in [1.807, 2.05) is 24.3 Å². The van der Waals surface area contributed by atoms with Gasteiger partial charge in [-0.2, -0.15) is 0 Å². The average molecular weight is 274 g/mol. The van der Waals surface area contributed by atoms with Crippen molar-refractivity contribution in [1.82, 2.24) is 4.90 Å². The first-order valence-electron chi connectivity index (χ1n) is 7.86. The highest BCUT2D eigenvalue weighted by atomic mass is 16.2. The number of rotatable bonds is 5. The molecule has 0 unspecified atom stereocenters. The first kappa shape index (κ1) is 15.0. The number of nitrogens with zero attached hydrogens (tertiary/aromatic N) is 1. The van der Waals surface area contributed by atoms with Gasteiger partial charge in [-0.3, -0.25) is 4.79 Å².